The second kappa shape index (κ2) is 9.31. The lowest BCUT2D eigenvalue weighted by atomic mass is 10.2. The molecular formula is C13H19IOS. The summed E-state index contributed by atoms with van der Waals surface area (Å²) in [4.78, 5) is 0. The average Bonchev–Trinajstić information content (AvgIpc) is 2.30. The van der Waals surface area contributed by atoms with Gasteiger partial charge in [-0.2, -0.15) is 12.6 Å². The Labute approximate surface area is 118 Å². The number of hydrogen-bond acceptors (Lipinski definition) is 2. The van der Waals surface area contributed by atoms with Crippen molar-refractivity contribution in [3.05, 3.63) is 33.4 Å². The fraction of sp³-hybridized carbons (Fsp3) is 0.538. The van der Waals surface area contributed by atoms with E-state index in [1.54, 1.807) is 0 Å². The molecular weight excluding hydrogens is 331 g/mol. The van der Waals surface area contributed by atoms with Gasteiger partial charge >= 0.3 is 0 Å². The third-order valence-corrected chi connectivity index (χ3v) is 3.41. The van der Waals surface area contributed by atoms with Crippen molar-refractivity contribution in [2.24, 2.45) is 0 Å². The Morgan fingerprint density at radius 3 is 2.38 bits per heavy atom. The molecule has 0 bridgehead atoms. The summed E-state index contributed by atoms with van der Waals surface area (Å²) in [5.74, 6) is 1.00. The van der Waals surface area contributed by atoms with Crippen LogP contribution in [-0.4, -0.2) is 12.4 Å². The summed E-state index contributed by atoms with van der Waals surface area (Å²) in [6, 6.07) is 8.49. The molecule has 1 rings (SSSR count). The van der Waals surface area contributed by atoms with E-state index in [1.165, 1.54) is 28.4 Å². The van der Waals surface area contributed by atoms with Crippen LogP contribution in [0.25, 0.3) is 0 Å². The Bertz CT molecular complexity index is 274. The van der Waals surface area contributed by atoms with Crippen LogP contribution < -0.4 is 0 Å². The van der Waals surface area contributed by atoms with Crippen LogP contribution in [0.3, 0.4) is 0 Å². The molecule has 0 saturated heterocycles. The lowest BCUT2D eigenvalue weighted by Gasteiger charge is -2.04. The van der Waals surface area contributed by atoms with Gasteiger partial charge in [0, 0.05) is 10.2 Å². The highest BCUT2D eigenvalue weighted by atomic mass is 127. The van der Waals surface area contributed by atoms with E-state index in [0.717, 1.165) is 25.4 Å². The van der Waals surface area contributed by atoms with E-state index in [2.05, 4.69) is 59.5 Å². The monoisotopic (exact) mass is 350 g/mol. The molecule has 0 spiro atoms. The number of hydrogen-bond donors (Lipinski definition) is 1. The van der Waals surface area contributed by atoms with Crippen molar-refractivity contribution in [2.75, 3.05) is 12.4 Å². The quantitative estimate of drug-likeness (QED) is 0.418. The van der Waals surface area contributed by atoms with Gasteiger partial charge in [-0.25, -0.2) is 0 Å². The molecule has 3 heteroatoms. The standard InChI is InChI=1S/C13H19IOS/c14-13-7-5-12(6-8-13)11-15-9-3-1-2-4-10-16/h5-8,16H,1-4,9-11H2. The fourth-order valence-corrected chi connectivity index (χ4v) is 2.02. The minimum absolute atomic E-state index is 0.740. The van der Waals surface area contributed by atoms with Crippen molar-refractivity contribution in [1.29, 1.82) is 0 Å². The molecule has 0 heterocycles. The molecule has 1 aromatic rings. The molecule has 0 aliphatic rings. The number of halogens is 1. The summed E-state index contributed by atoms with van der Waals surface area (Å²) in [5, 5.41) is 0. The highest BCUT2D eigenvalue weighted by Crippen LogP contribution is 2.08. The summed E-state index contributed by atoms with van der Waals surface area (Å²) < 4.78 is 6.89. The summed E-state index contributed by atoms with van der Waals surface area (Å²) >= 11 is 6.50. The smallest absolute Gasteiger partial charge is 0.0716 e. The minimum Gasteiger partial charge on any atom is -0.377 e. The Morgan fingerprint density at radius 2 is 1.69 bits per heavy atom. The first kappa shape index (κ1) is 14.3. The van der Waals surface area contributed by atoms with E-state index < -0.39 is 0 Å². The summed E-state index contributed by atoms with van der Waals surface area (Å²) in [7, 11) is 0. The number of thiol groups is 1. The van der Waals surface area contributed by atoms with Gasteiger partial charge in [0.15, 0.2) is 0 Å². The maximum Gasteiger partial charge on any atom is 0.0716 e. The highest BCUT2D eigenvalue weighted by molar-refractivity contribution is 14.1. The predicted molar refractivity (Wildman–Crippen MR) is 81.1 cm³/mol. The van der Waals surface area contributed by atoms with Crippen LogP contribution in [0.2, 0.25) is 0 Å². The van der Waals surface area contributed by atoms with E-state index in [0.29, 0.717) is 0 Å². The highest BCUT2D eigenvalue weighted by Gasteiger charge is 1.94. The molecule has 90 valence electrons. The van der Waals surface area contributed by atoms with Crippen LogP contribution in [0.5, 0.6) is 0 Å². The Kier molecular flexibility index (Phi) is 8.33. The molecule has 0 saturated carbocycles. The topological polar surface area (TPSA) is 9.23 Å². The van der Waals surface area contributed by atoms with Gasteiger partial charge in [-0.1, -0.05) is 25.0 Å². The SMILES string of the molecule is SCCCCCCOCc1ccc(I)cc1. The Balaban J connectivity index is 2.01. The zero-order valence-electron chi connectivity index (χ0n) is 9.49. The second-order valence-corrected chi connectivity index (χ2v) is 5.51. The molecule has 0 radical (unpaired) electrons. The Hall–Kier alpha value is 0.260. The van der Waals surface area contributed by atoms with Crippen molar-refractivity contribution >= 4 is 35.2 Å². The molecule has 0 aromatic heterocycles. The van der Waals surface area contributed by atoms with E-state index in [1.807, 2.05) is 0 Å². The number of rotatable bonds is 8. The summed E-state index contributed by atoms with van der Waals surface area (Å²) in [6.07, 6.45) is 4.92. The van der Waals surface area contributed by atoms with Crippen LogP contribution in [-0.2, 0) is 11.3 Å². The number of benzene rings is 1. The van der Waals surface area contributed by atoms with Gasteiger partial charge in [0.1, 0.15) is 0 Å². The molecule has 0 fully saturated rings. The average molecular weight is 350 g/mol. The third kappa shape index (κ3) is 6.76. The summed E-state index contributed by atoms with van der Waals surface area (Å²) in [6.45, 7) is 1.61. The van der Waals surface area contributed by atoms with Gasteiger partial charge in [0.25, 0.3) is 0 Å². The van der Waals surface area contributed by atoms with Gasteiger partial charge in [0.2, 0.25) is 0 Å². The first-order valence-electron chi connectivity index (χ1n) is 5.76. The molecule has 0 amide bonds. The van der Waals surface area contributed by atoms with Crippen molar-refractivity contribution in [2.45, 2.75) is 32.3 Å². The molecule has 0 aliphatic heterocycles. The normalized spacial score (nSPS) is 10.6. The predicted octanol–water partition coefficient (Wildman–Crippen LogP) is 4.30. The van der Waals surface area contributed by atoms with Gasteiger partial charge in [-0.3, -0.25) is 0 Å². The van der Waals surface area contributed by atoms with Crippen LogP contribution in [0.4, 0.5) is 0 Å². The van der Waals surface area contributed by atoms with Gasteiger partial charge < -0.3 is 4.74 Å². The van der Waals surface area contributed by atoms with Crippen molar-refractivity contribution in [3.8, 4) is 0 Å². The van der Waals surface area contributed by atoms with Crippen molar-refractivity contribution in [3.63, 3.8) is 0 Å². The van der Waals surface area contributed by atoms with E-state index >= 15 is 0 Å². The van der Waals surface area contributed by atoms with Gasteiger partial charge in [-0.15, -0.1) is 0 Å². The number of ether oxygens (including phenoxy) is 1. The molecule has 0 atom stereocenters. The van der Waals surface area contributed by atoms with Crippen LogP contribution in [0.1, 0.15) is 31.2 Å². The zero-order chi connectivity index (χ0) is 11.6. The molecule has 0 aliphatic carbocycles. The van der Waals surface area contributed by atoms with Crippen molar-refractivity contribution < 1.29 is 4.74 Å². The molecule has 1 aromatic carbocycles. The van der Waals surface area contributed by atoms with E-state index in [-0.39, 0.29) is 0 Å². The van der Waals surface area contributed by atoms with Crippen LogP contribution in [0.15, 0.2) is 24.3 Å². The van der Waals surface area contributed by atoms with E-state index in [9.17, 15) is 0 Å². The minimum atomic E-state index is 0.740. The first-order valence-corrected chi connectivity index (χ1v) is 7.47. The largest absolute Gasteiger partial charge is 0.377 e. The lowest BCUT2D eigenvalue weighted by Crippen LogP contribution is -1.95. The molecule has 1 nitrogen and oxygen atoms in total. The maximum atomic E-state index is 5.62. The van der Waals surface area contributed by atoms with Crippen molar-refractivity contribution in [1.82, 2.24) is 0 Å². The van der Waals surface area contributed by atoms with Crippen LogP contribution >= 0.6 is 35.2 Å². The summed E-state index contributed by atoms with van der Waals surface area (Å²) in [5.41, 5.74) is 1.26. The zero-order valence-corrected chi connectivity index (χ0v) is 12.5. The van der Waals surface area contributed by atoms with Crippen LogP contribution in [0, 0.1) is 3.57 Å². The Morgan fingerprint density at radius 1 is 1.00 bits per heavy atom. The fourth-order valence-electron chi connectivity index (χ4n) is 1.44. The second-order valence-electron chi connectivity index (χ2n) is 3.82. The van der Waals surface area contributed by atoms with Gasteiger partial charge in [-0.05, 0) is 58.9 Å². The third-order valence-electron chi connectivity index (χ3n) is 2.38. The lowest BCUT2D eigenvalue weighted by molar-refractivity contribution is 0.117. The molecule has 16 heavy (non-hydrogen) atoms. The first-order chi connectivity index (χ1) is 7.83. The number of unbranched alkanes of at least 4 members (excludes halogenated alkanes) is 3. The molecule has 0 N–H and O–H groups in total. The molecule has 0 unspecified atom stereocenters. The van der Waals surface area contributed by atoms with Gasteiger partial charge in [0.05, 0.1) is 6.61 Å². The van der Waals surface area contributed by atoms with E-state index in [4.69, 9.17) is 4.74 Å². The maximum absolute atomic E-state index is 5.62.